The zero-order chi connectivity index (χ0) is 27.2. The van der Waals surface area contributed by atoms with E-state index in [1.54, 1.807) is 6.07 Å². The van der Waals surface area contributed by atoms with Gasteiger partial charge in [-0.3, -0.25) is 0 Å². The molecule has 0 atom stereocenters. The summed E-state index contributed by atoms with van der Waals surface area (Å²) in [6, 6.07) is 15.3. The number of fused-ring (bicyclic) bond motifs is 1. The number of aromatic nitrogens is 1. The van der Waals surface area contributed by atoms with Crippen LogP contribution in [0.3, 0.4) is 0 Å². The van der Waals surface area contributed by atoms with Crippen molar-refractivity contribution in [2.45, 2.75) is 26.9 Å². The molecule has 3 aromatic carbocycles. The third kappa shape index (κ3) is 4.99. The minimum absolute atomic E-state index is 0.0136. The van der Waals surface area contributed by atoms with Crippen LogP contribution in [0, 0.1) is 5.82 Å². The fraction of sp³-hybridized carbons (Fsp3) is 0.0909. The number of benzene rings is 3. The second-order valence-electron chi connectivity index (χ2n) is 7.69. The maximum atomic E-state index is 13.8. The molecule has 0 aliphatic rings. The Bertz CT molecular complexity index is 1810. The summed E-state index contributed by atoms with van der Waals surface area (Å²) in [5.74, 6) is -0.848. The molecule has 0 saturated heterocycles. The molecule has 0 radical (unpaired) electrons. The van der Waals surface area contributed by atoms with Gasteiger partial charge in [-0.15, -0.1) is 0 Å². The molecule has 0 saturated carbocycles. The van der Waals surface area contributed by atoms with Gasteiger partial charge in [-0.1, -0.05) is 36.4 Å². The number of sulfone groups is 1. The molecule has 0 bridgehead atoms. The van der Waals surface area contributed by atoms with Crippen LogP contribution in [0.4, 0.5) is 17.6 Å². The van der Waals surface area contributed by atoms with E-state index in [1.807, 2.05) is 0 Å². The van der Waals surface area contributed by atoms with E-state index in [1.165, 1.54) is 22.9 Å². The number of sulfonamides is 1. The normalized spacial score (nSPS) is 13.2. The highest BCUT2D eigenvalue weighted by Crippen LogP contribution is 2.32. The van der Waals surface area contributed by atoms with Gasteiger partial charge in [0.05, 0.1) is 15.3 Å². The predicted molar refractivity (Wildman–Crippen MR) is 125 cm³/mol. The molecule has 1 heterocycles. The van der Waals surface area contributed by atoms with Crippen molar-refractivity contribution in [1.82, 2.24) is 8.69 Å². The molecule has 15 heteroatoms. The number of rotatable bonds is 7. The largest absolute Gasteiger partial charge is 0.511 e. The monoisotopic (exact) mass is 576 g/mol. The Kier molecular flexibility index (Phi) is 6.69. The summed E-state index contributed by atoms with van der Waals surface area (Å²) >= 11 is 0. The SMILES string of the molecule is O=S(=O)(c1ccc(CNS(=O)(=O)C(F)(F)F)cc1)c1cc2ccccc2n1S(=O)(=O)c1cccc(F)c1. The Labute approximate surface area is 209 Å². The highest BCUT2D eigenvalue weighted by atomic mass is 32.2. The minimum atomic E-state index is -5.61. The molecule has 0 aliphatic carbocycles. The van der Waals surface area contributed by atoms with Crippen molar-refractivity contribution in [1.29, 1.82) is 0 Å². The molecule has 37 heavy (non-hydrogen) atoms. The fourth-order valence-electron chi connectivity index (χ4n) is 3.44. The van der Waals surface area contributed by atoms with E-state index in [4.69, 9.17) is 0 Å². The molecule has 0 unspecified atom stereocenters. The number of nitrogens with zero attached hydrogens (tertiary/aromatic N) is 1. The van der Waals surface area contributed by atoms with E-state index in [0.717, 1.165) is 54.6 Å². The Morgan fingerprint density at radius 3 is 2.03 bits per heavy atom. The molecule has 0 spiro atoms. The number of nitrogens with one attached hydrogen (secondary N) is 1. The summed E-state index contributed by atoms with van der Waals surface area (Å²) in [7, 11) is -14.8. The van der Waals surface area contributed by atoms with Crippen molar-refractivity contribution >= 4 is 40.8 Å². The van der Waals surface area contributed by atoms with Gasteiger partial charge in [-0.2, -0.15) is 13.2 Å². The average molecular weight is 577 g/mol. The maximum absolute atomic E-state index is 13.8. The Morgan fingerprint density at radius 2 is 1.41 bits per heavy atom. The lowest BCUT2D eigenvalue weighted by molar-refractivity contribution is -0.0448. The standard InChI is InChI=1S/C22H16F4N2O6S3/c23-17-5-3-6-19(13-17)36(31,32)28-20-7-2-1-4-16(20)12-21(28)35(29,30)18-10-8-15(9-11-18)14-27-37(33,34)22(24,25)26/h1-13,27H,14H2. The van der Waals surface area contributed by atoms with Gasteiger partial charge in [-0.05, 0) is 48.0 Å². The summed E-state index contributed by atoms with van der Waals surface area (Å²) in [5, 5.41) is -0.386. The molecule has 1 N–H and O–H groups in total. The topological polar surface area (TPSA) is 119 Å². The van der Waals surface area contributed by atoms with Gasteiger partial charge in [-0.25, -0.2) is 38.3 Å². The van der Waals surface area contributed by atoms with E-state index < -0.39 is 62.6 Å². The van der Waals surface area contributed by atoms with Crippen molar-refractivity contribution in [2.75, 3.05) is 0 Å². The number of halogens is 4. The summed E-state index contributed by atoms with van der Waals surface area (Å²) in [4.78, 5) is -0.897. The lowest BCUT2D eigenvalue weighted by Crippen LogP contribution is -2.35. The summed E-state index contributed by atoms with van der Waals surface area (Å²) in [6.07, 6.45) is 0. The van der Waals surface area contributed by atoms with Crippen LogP contribution < -0.4 is 4.72 Å². The Morgan fingerprint density at radius 1 is 0.757 bits per heavy atom. The second-order valence-corrected chi connectivity index (χ2v) is 13.1. The quantitative estimate of drug-likeness (QED) is 0.335. The van der Waals surface area contributed by atoms with Crippen LogP contribution in [-0.2, 0) is 36.4 Å². The Hall–Kier alpha value is -3.27. The first-order valence-corrected chi connectivity index (χ1v) is 14.6. The first kappa shape index (κ1) is 26.8. The van der Waals surface area contributed by atoms with Gasteiger partial charge in [0.2, 0.25) is 9.84 Å². The number of hydrogen-bond acceptors (Lipinski definition) is 6. The van der Waals surface area contributed by atoms with Gasteiger partial charge < -0.3 is 0 Å². The van der Waals surface area contributed by atoms with Crippen LogP contribution in [0.2, 0.25) is 0 Å². The highest BCUT2D eigenvalue weighted by molar-refractivity contribution is 7.93. The lowest BCUT2D eigenvalue weighted by atomic mass is 10.2. The first-order valence-electron chi connectivity index (χ1n) is 10.2. The molecule has 1 aromatic heterocycles. The van der Waals surface area contributed by atoms with Crippen LogP contribution >= 0.6 is 0 Å². The van der Waals surface area contributed by atoms with Crippen molar-refractivity contribution in [3.63, 3.8) is 0 Å². The van der Waals surface area contributed by atoms with Gasteiger partial charge in [0.25, 0.3) is 10.0 Å². The molecule has 0 amide bonds. The first-order chi connectivity index (χ1) is 17.1. The second kappa shape index (κ2) is 9.24. The maximum Gasteiger partial charge on any atom is 0.511 e. The van der Waals surface area contributed by atoms with E-state index in [2.05, 4.69) is 0 Å². The van der Waals surface area contributed by atoms with Crippen LogP contribution in [0.1, 0.15) is 5.56 Å². The van der Waals surface area contributed by atoms with Crippen molar-refractivity contribution in [3.05, 3.63) is 90.2 Å². The predicted octanol–water partition coefficient (Wildman–Crippen LogP) is 3.79. The fourth-order valence-corrected chi connectivity index (χ4v) is 7.32. The average Bonchev–Trinajstić information content (AvgIpc) is 3.24. The minimum Gasteiger partial charge on any atom is -0.222 e. The summed E-state index contributed by atoms with van der Waals surface area (Å²) < 4.78 is 130. The summed E-state index contributed by atoms with van der Waals surface area (Å²) in [6.45, 7) is -0.767. The molecular formula is C22H16F4N2O6S3. The zero-order valence-corrected chi connectivity index (χ0v) is 20.8. The van der Waals surface area contributed by atoms with Gasteiger partial charge >= 0.3 is 15.5 Å². The van der Waals surface area contributed by atoms with E-state index in [0.29, 0.717) is 3.97 Å². The van der Waals surface area contributed by atoms with Gasteiger partial charge in [0.15, 0.2) is 5.03 Å². The zero-order valence-electron chi connectivity index (χ0n) is 18.3. The van der Waals surface area contributed by atoms with E-state index >= 15 is 0 Å². The molecule has 196 valence electrons. The number of alkyl halides is 3. The van der Waals surface area contributed by atoms with Crippen molar-refractivity contribution in [3.8, 4) is 0 Å². The molecule has 0 aliphatic heterocycles. The molecule has 4 rings (SSSR count). The van der Waals surface area contributed by atoms with Gasteiger partial charge in [0.1, 0.15) is 5.82 Å². The molecule has 0 fully saturated rings. The molecular weight excluding hydrogens is 560 g/mol. The van der Waals surface area contributed by atoms with Gasteiger partial charge in [0, 0.05) is 11.9 Å². The molecule has 8 nitrogen and oxygen atoms in total. The lowest BCUT2D eigenvalue weighted by Gasteiger charge is -2.13. The van der Waals surface area contributed by atoms with Crippen molar-refractivity contribution < 1.29 is 42.8 Å². The number of hydrogen-bond donors (Lipinski definition) is 1. The smallest absolute Gasteiger partial charge is 0.222 e. The van der Waals surface area contributed by atoms with Crippen LogP contribution in [0.15, 0.2) is 93.7 Å². The van der Waals surface area contributed by atoms with Crippen LogP contribution in [0.5, 0.6) is 0 Å². The van der Waals surface area contributed by atoms with Crippen LogP contribution in [0.25, 0.3) is 10.9 Å². The number of para-hydroxylation sites is 1. The molecule has 4 aromatic rings. The van der Waals surface area contributed by atoms with Crippen molar-refractivity contribution in [2.24, 2.45) is 0 Å². The summed E-state index contributed by atoms with van der Waals surface area (Å²) in [5.41, 5.74) is -5.49. The van der Waals surface area contributed by atoms with E-state index in [-0.39, 0.29) is 16.5 Å². The third-order valence-electron chi connectivity index (χ3n) is 5.25. The van der Waals surface area contributed by atoms with Crippen LogP contribution in [-0.4, -0.2) is 34.7 Å². The highest BCUT2D eigenvalue weighted by Gasteiger charge is 2.45. The van der Waals surface area contributed by atoms with E-state index in [9.17, 15) is 42.8 Å². The Balaban J connectivity index is 1.78. The third-order valence-corrected chi connectivity index (χ3v) is 9.97.